The molecule has 1 fully saturated rings. The van der Waals surface area contributed by atoms with E-state index in [0.29, 0.717) is 24.2 Å². The highest BCUT2D eigenvalue weighted by atomic mass is 32.1. The van der Waals surface area contributed by atoms with Crippen LogP contribution in [0.4, 0.5) is 0 Å². The van der Waals surface area contributed by atoms with E-state index in [-0.39, 0.29) is 74.0 Å². The number of aryl methyl sites for hydroxylation is 2. The molecule has 0 bridgehead atoms. The van der Waals surface area contributed by atoms with Crippen molar-refractivity contribution in [3.05, 3.63) is 106 Å². The Morgan fingerprint density at radius 2 is 1.71 bits per heavy atom. The molecule has 7 rings (SSSR count). The molecule has 0 saturated carbocycles. The second kappa shape index (κ2) is 22.1. The van der Waals surface area contributed by atoms with E-state index in [4.69, 9.17) is 14.0 Å². The van der Waals surface area contributed by atoms with Crippen LogP contribution >= 0.6 is 11.3 Å². The smallest absolute Gasteiger partial charge is 0.273 e. The van der Waals surface area contributed by atoms with Crippen molar-refractivity contribution in [3.8, 4) is 33.3 Å². The van der Waals surface area contributed by atoms with Crippen molar-refractivity contribution in [1.29, 1.82) is 0 Å². The Hall–Kier alpha value is -7.16. The molecule has 3 aromatic carbocycles. The number of rotatable bonds is 18. The van der Waals surface area contributed by atoms with Gasteiger partial charge in [-0.1, -0.05) is 62.3 Å². The van der Waals surface area contributed by atoms with E-state index in [9.17, 15) is 39.0 Å². The monoisotopic (exact) mass is 978 g/mol. The third kappa shape index (κ3) is 12.3. The SMILES string of the molecule is Cc1ncsc1-c1ccc(CNC(=O)[C@@H]2C[C@@H](O)CN2C(=O)C(NC(=O)COCCNC(=O)COc2ccc3c(c2)[C@H](NC(=O)c2cc(-c4ccc(C(=O)N(C)C)c(O)c4)on2)CC3)C(C)(C)C)cc1. The van der Waals surface area contributed by atoms with E-state index in [1.165, 1.54) is 28.0 Å². The molecule has 1 aliphatic carbocycles. The standard InChI is InChI=1S/C50H58N8O11S/c1-28-44(70-27-53-28)31-9-7-29(8-10-31)23-52-47(64)39-20-33(59)24-58(39)49(66)45(50(2,3)4)55-43(62)25-67-18-17-51-42(61)26-68-34-14-11-30-13-16-37(36(30)21-34)54-46(63)38-22-41(69-56-38)32-12-15-35(40(60)19-32)48(65)57(5)6/h7-12,14-15,19,21-22,27,33,37,39,45,59-60H,13,16-18,20,23-26H2,1-6H3,(H,51,61)(H,52,64)(H,54,63)(H,55,62)/t33-,37-,39+,45?/m1/s1. The van der Waals surface area contributed by atoms with Crippen LogP contribution in [-0.4, -0.2) is 131 Å². The lowest BCUT2D eigenvalue weighted by molar-refractivity contribution is -0.144. The summed E-state index contributed by atoms with van der Waals surface area (Å²) in [6.07, 6.45) is 0.484. The zero-order chi connectivity index (χ0) is 50.3. The molecule has 19 nitrogen and oxygen atoms in total. The van der Waals surface area contributed by atoms with Crippen LogP contribution < -0.4 is 26.0 Å². The first kappa shape index (κ1) is 50.7. The summed E-state index contributed by atoms with van der Waals surface area (Å²) < 4.78 is 16.7. The van der Waals surface area contributed by atoms with Gasteiger partial charge in [-0.3, -0.25) is 28.8 Å². The van der Waals surface area contributed by atoms with E-state index in [1.807, 2.05) is 37.3 Å². The molecule has 6 amide bonds. The minimum absolute atomic E-state index is 0.0127. The number of ether oxygens (including phenoxy) is 2. The molecule has 1 saturated heterocycles. The van der Waals surface area contributed by atoms with Gasteiger partial charge in [-0.15, -0.1) is 11.3 Å². The number of aliphatic hydroxyl groups is 1. The molecule has 4 atom stereocenters. The Kier molecular flexibility index (Phi) is 16.0. The number of hydrogen-bond donors (Lipinski definition) is 6. The van der Waals surface area contributed by atoms with Gasteiger partial charge in [0.1, 0.15) is 30.2 Å². The fraction of sp³-hybridized carbons (Fsp3) is 0.400. The number of aromatic hydroxyl groups is 1. The molecule has 0 radical (unpaired) electrons. The summed E-state index contributed by atoms with van der Waals surface area (Å²) in [5, 5.41) is 36.2. The number of carbonyl (C=O) groups excluding carboxylic acids is 6. The number of likely N-dealkylation sites (tertiary alicyclic amines) is 1. The zero-order valence-electron chi connectivity index (χ0n) is 39.9. The zero-order valence-corrected chi connectivity index (χ0v) is 40.7. The average molecular weight is 979 g/mol. The highest BCUT2D eigenvalue weighted by Gasteiger charge is 2.44. The van der Waals surface area contributed by atoms with Crippen molar-refractivity contribution in [2.75, 3.05) is 47.0 Å². The Bertz CT molecular complexity index is 2730. The van der Waals surface area contributed by atoms with E-state index >= 15 is 0 Å². The Labute approximate surface area is 408 Å². The lowest BCUT2D eigenvalue weighted by Gasteiger charge is -2.35. The first-order valence-electron chi connectivity index (χ1n) is 22.8. The topological polar surface area (TPSA) is 255 Å². The lowest BCUT2D eigenvalue weighted by atomic mass is 9.85. The number of nitrogens with zero attached hydrogens (tertiary/aromatic N) is 4. The van der Waals surface area contributed by atoms with Crippen LogP contribution in [0, 0.1) is 12.3 Å². The van der Waals surface area contributed by atoms with Crippen LogP contribution in [0.2, 0.25) is 0 Å². The van der Waals surface area contributed by atoms with E-state index < -0.39 is 59.7 Å². The van der Waals surface area contributed by atoms with Gasteiger partial charge >= 0.3 is 0 Å². The molecular formula is C50H58N8O11S. The molecule has 2 aliphatic rings. The highest BCUT2D eigenvalue weighted by Crippen LogP contribution is 2.35. The number of amides is 6. The van der Waals surface area contributed by atoms with Gasteiger partial charge in [-0.2, -0.15) is 0 Å². The van der Waals surface area contributed by atoms with Gasteiger partial charge < -0.3 is 55.3 Å². The van der Waals surface area contributed by atoms with Gasteiger partial charge in [0.2, 0.25) is 17.7 Å². The summed E-state index contributed by atoms with van der Waals surface area (Å²) in [5.74, 6) is -2.32. The summed E-state index contributed by atoms with van der Waals surface area (Å²) in [7, 11) is 3.16. The number of fused-ring (bicyclic) bond motifs is 1. The van der Waals surface area contributed by atoms with Gasteiger partial charge in [-0.05, 0) is 71.7 Å². The summed E-state index contributed by atoms with van der Waals surface area (Å²) in [4.78, 5) is 86.8. The quantitative estimate of drug-likeness (QED) is 0.0682. The Morgan fingerprint density at radius 1 is 0.957 bits per heavy atom. The predicted molar refractivity (Wildman–Crippen MR) is 258 cm³/mol. The summed E-state index contributed by atoms with van der Waals surface area (Å²) in [6, 6.07) is 16.8. The predicted octanol–water partition coefficient (Wildman–Crippen LogP) is 3.92. The third-order valence-electron chi connectivity index (χ3n) is 12.0. The maximum absolute atomic E-state index is 14.0. The first-order chi connectivity index (χ1) is 33.4. The van der Waals surface area contributed by atoms with Gasteiger partial charge in [0.15, 0.2) is 18.1 Å². The van der Waals surface area contributed by atoms with Crippen LogP contribution in [0.3, 0.4) is 0 Å². The molecule has 70 heavy (non-hydrogen) atoms. The number of benzene rings is 3. The maximum atomic E-state index is 14.0. The maximum Gasteiger partial charge on any atom is 0.273 e. The van der Waals surface area contributed by atoms with Crippen LogP contribution in [0.15, 0.2) is 76.8 Å². The minimum Gasteiger partial charge on any atom is -0.507 e. The van der Waals surface area contributed by atoms with Gasteiger partial charge in [0, 0.05) is 51.8 Å². The number of carbonyl (C=O) groups is 6. The molecule has 20 heteroatoms. The number of β-amino-alcohol motifs (C(OH)–C–C–N with tert-alkyl or cyclic N) is 1. The summed E-state index contributed by atoms with van der Waals surface area (Å²) in [6.45, 7) is 6.83. The second-order valence-corrected chi connectivity index (χ2v) is 19.4. The minimum atomic E-state index is -1.04. The molecule has 1 aliphatic heterocycles. The van der Waals surface area contributed by atoms with E-state index in [1.54, 1.807) is 69.9 Å². The number of nitrogens with one attached hydrogen (secondary N) is 4. The largest absolute Gasteiger partial charge is 0.507 e. The van der Waals surface area contributed by atoms with Crippen molar-refractivity contribution >= 4 is 46.8 Å². The Morgan fingerprint density at radius 3 is 2.41 bits per heavy atom. The summed E-state index contributed by atoms with van der Waals surface area (Å²) in [5.41, 5.74) is 6.32. The lowest BCUT2D eigenvalue weighted by Crippen LogP contribution is -2.58. The van der Waals surface area contributed by atoms with Crippen LogP contribution in [0.25, 0.3) is 21.8 Å². The van der Waals surface area contributed by atoms with Crippen molar-refractivity contribution in [1.82, 2.24) is 41.2 Å². The number of phenolic OH excluding ortho intramolecular Hbond substituents is 1. The number of hydrogen-bond acceptors (Lipinski definition) is 14. The average Bonchev–Trinajstić information content (AvgIpc) is 4.16. The Balaban J connectivity index is 0.826. The van der Waals surface area contributed by atoms with E-state index in [2.05, 4.69) is 31.4 Å². The molecular weight excluding hydrogens is 921 g/mol. The van der Waals surface area contributed by atoms with Gasteiger partial charge in [-0.25, -0.2) is 4.98 Å². The molecule has 0 spiro atoms. The summed E-state index contributed by atoms with van der Waals surface area (Å²) >= 11 is 1.56. The van der Waals surface area contributed by atoms with Crippen LogP contribution in [0.1, 0.15) is 82.9 Å². The number of phenols is 1. The van der Waals surface area contributed by atoms with Crippen LogP contribution in [0.5, 0.6) is 11.5 Å². The van der Waals surface area contributed by atoms with Gasteiger partial charge in [0.25, 0.3) is 17.7 Å². The van der Waals surface area contributed by atoms with Gasteiger partial charge in [0.05, 0.1) is 40.4 Å². The molecule has 5 aromatic rings. The molecule has 370 valence electrons. The van der Waals surface area contributed by atoms with Crippen molar-refractivity contribution in [3.63, 3.8) is 0 Å². The van der Waals surface area contributed by atoms with Crippen LogP contribution in [-0.2, 0) is 36.9 Å². The molecule has 6 N–H and O–H groups in total. The van der Waals surface area contributed by atoms with Crippen molar-refractivity contribution < 1.29 is 53.0 Å². The molecule has 2 aromatic heterocycles. The normalized spacial score (nSPS) is 16.8. The number of aliphatic hydroxyl groups excluding tert-OH is 1. The second-order valence-electron chi connectivity index (χ2n) is 18.6. The number of thiazole rings is 1. The molecule has 3 heterocycles. The first-order valence-corrected chi connectivity index (χ1v) is 23.7. The fourth-order valence-corrected chi connectivity index (χ4v) is 9.10. The van der Waals surface area contributed by atoms with Crippen molar-refractivity contribution in [2.24, 2.45) is 5.41 Å². The number of aromatic nitrogens is 2. The molecule has 1 unspecified atom stereocenters. The third-order valence-corrected chi connectivity index (χ3v) is 13.0. The van der Waals surface area contributed by atoms with Crippen molar-refractivity contribution in [2.45, 2.75) is 77.7 Å². The highest BCUT2D eigenvalue weighted by molar-refractivity contribution is 7.13. The van der Waals surface area contributed by atoms with E-state index in [0.717, 1.165) is 32.8 Å². The fourth-order valence-electron chi connectivity index (χ4n) is 8.29.